The van der Waals surface area contributed by atoms with E-state index in [0.717, 1.165) is 66.7 Å². The summed E-state index contributed by atoms with van der Waals surface area (Å²) in [5, 5.41) is 0. The van der Waals surface area contributed by atoms with Crippen LogP contribution >= 0.6 is 0 Å². The van der Waals surface area contributed by atoms with Gasteiger partial charge in [-0.25, -0.2) is 9.97 Å². The number of nitrogens with two attached hydrogens (primary N) is 1. The number of hydrogen-bond acceptors (Lipinski definition) is 5. The van der Waals surface area contributed by atoms with Crippen LogP contribution in [0.5, 0.6) is 0 Å². The second kappa shape index (κ2) is 9.43. The van der Waals surface area contributed by atoms with Gasteiger partial charge in [0.1, 0.15) is 23.7 Å². The zero-order chi connectivity index (χ0) is 25.4. The zero-order valence-electron chi connectivity index (χ0n) is 21.6. The van der Waals surface area contributed by atoms with Crippen LogP contribution in [0.2, 0.25) is 0 Å². The van der Waals surface area contributed by atoms with Crippen molar-refractivity contribution in [3.05, 3.63) is 65.7 Å². The number of fused-ring (bicyclic) bond motifs is 1. The van der Waals surface area contributed by atoms with E-state index in [1.54, 1.807) is 0 Å². The maximum atomic E-state index is 11.3. The predicted molar refractivity (Wildman–Crippen MR) is 144 cm³/mol. The van der Waals surface area contributed by atoms with Gasteiger partial charge in [0.05, 0.1) is 16.9 Å². The van der Waals surface area contributed by atoms with Crippen LogP contribution in [0.25, 0.3) is 22.4 Å². The van der Waals surface area contributed by atoms with Crippen molar-refractivity contribution in [2.24, 2.45) is 5.73 Å². The average molecular weight is 486 g/mol. The largest absolute Gasteiger partial charge is 0.368 e. The number of piperazine rings is 1. The number of aromatic nitrogens is 4. The molecular formula is C28H35N7O. The van der Waals surface area contributed by atoms with Gasteiger partial charge >= 0.3 is 0 Å². The second-order valence-corrected chi connectivity index (χ2v) is 10.7. The third-order valence-electron chi connectivity index (χ3n) is 6.97. The number of rotatable bonds is 6. The summed E-state index contributed by atoms with van der Waals surface area (Å²) in [4.78, 5) is 29.2. The van der Waals surface area contributed by atoms with Crippen molar-refractivity contribution < 1.29 is 4.79 Å². The summed E-state index contributed by atoms with van der Waals surface area (Å²) in [6.07, 6.45) is 1.94. The number of nitrogens with one attached hydrogen (secondary N) is 1. The van der Waals surface area contributed by atoms with Gasteiger partial charge in [-0.15, -0.1) is 0 Å². The lowest BCUT2D eigenvalue weighted by atomic mass is 9.87. The molecule has 36 heavy (non-hydrogen) atoms. The summed E-state index contributed by atoms with van der Waals surface area (Å²) >= 11 is 0. The molecule has 2 aromatic carbocycles. The molecule has 0 saturated carbocycles. The Kier molecular flexibility index (Phi) is 6.30. The Labute approximate surface area is 212 Å². The van der Waals surface area contributed by atoms with Crippen molar-refractivity contribution in [2.45, 2.75) is 46.2 Å². The van der Waals surface area contributed by atoms with Gasteiger partial charge in [-0.3, -0.25) is 9.69 Å². The standard InChI is InChI=1S/C28H35N7O/c1-19-30-22(17-35(19)18-25(29)36)16-33-12-14-34(15-13-33)24-7-5-6-23-26(24)32-27(31-23)20-8-10-21(11-9-20)28(2,3)4/h5-11,17H,12-16,18H2,1-4H3,(H2,29,36)(H,31,32). The highest BCUT2D eigenvalue weighted by Gasteiger charge is 2.21. The molecule has 0 aliphatic carbocycles. The fourth-order valence-electron chi connectivity index (χ4n) is 4.89. The molecule has 3 N–H and O–H groups in total. The number of benzene rings is 2. The molecular weight excluding hydrogens is 450 g/mol. The van der Waals surface area contributed by atoms with Crippen LogP contribution in [0.15, 0.2) is 48.7 Å². The summed E-state index contributed by atoms with van der Waals surface area (Å²) in [7, 11) is 0. The van der Waals surface area contributed by atoms with Crippen molar-refractivity contribution >= 4 is 22.6 Å². The Balaban J connectivity index is 1.28. The first-order chi connectivity index (χ1) is 17.2. The molecule has 0 spiro atoms. The Morgan fingerprint density at radius 2 is 1.75 bits per heavy atom. The predicted octanol–water partition coefficient (Wildman–Crippen LogP) is 3.84. The molecule has 8 nitrogen and oxygen atoms in total. The van der Waals surface area contributed by atoms with Crippen molar-refractivity contribution in [3.63, 3.8) is 0 Å². The normalized spacial score (nSPS) is 15.1. The fraction of sp³-hybridized carbons (Fsp3) is 0.393. The molecule has 3 heterocycles. The van der Waals surface area contributed by atoms with Crippen LogP contribution in [-0.4, -0.2) is 56.5 Å². The number of aromatic amines is 1. The van der Waals surface area contributed by atoms with E-state index in [-0.39, 0.29) is 17.9 Å². The molecule has 0 radical (unpaired) electrons. The number of aryl methyl sites for hydroxylation is 1. The van der Waals surface area contributed by atoms with Crippen LogP contribution in [0, 0.1) is 6.92 Å². The number of anilines is 1. The Hall–Kier alpha value is -3.65. The van der Waals surface area contributed by atoms with Gasteiger partial charge in [-0.2, -0.15) is 0 Å². The molecule has 0 bridgehead atoms. The highest BCUT2D eigenvalue weighted by atomic mass is 16.1. The van der Waals surface area contributed by atoms with Gasteiger partial charge in [-0.1, -0.05) is 51.1 Å². The van der Waals surface area contributed by atoms with E-state index in [9.17, 15) is 4.79 Å². The van der Waals surface area contributed by atoms with Crippen LogP contribution in [0.4, 0.5) is 5.69 Å². The monoisotopic (exact) mass is 485 g/mol. The van der Waals surface area contributed by atoms with Crippen LogP contribution in [0.1, 0.15) is 37.9 Å². The number of H-pyrrole nitrogens is 1. The maximum Gasteiger partial charge on any atom is 0.237 e. The minimum atomic E-state index is -0.353. The highest BCUT2D eigenvalue weighted by molar-refractivity contribution is 5.91. The number of hydrogen-bond donors (Lipinski definition) is 2. The molecule has 4 aromatic rings. The van der Waals surface area contributed by atoms with E-state index >= 15 is 0 Å². The minimum absolute atomic E-state index is 0.129. The number of nitrogens with zero attached hydrogens (tertiary/aromatic N) is 5. The van der Waals surface area contributed by atoms with Gasteiger partial charge in [-0.05, 0) is 30.0 Å². The van der Waals surface area contributed by atoms with Crippen LogP contribution in [0.3, 0.4) is 0 Å². The fourth-order valence-corrected chi connectivity index (χ4v) is 4.89. The summed E-state index contributed by atoms with van der Waals surface area (Å²) in [6.45, 7) is 13.2. The topological polar surface area (TPSA) is 96.1 Å². The van der Waals surface area contributed by atoms with Crippen LogP contribution < -0.4 is 10.6 Å². The third-order valence-corrected chi connectivity index (χ3v) is 6.97. The molecule has 1 aliphatic rings. The summed E-state index contributed by atoms with van der Waals surface area (Å²) < 4.78 is 1.82. The lowest BCUT2D eigenvalue weighted by molar-refractivity contribution is -0.118. The van der Waals surface area contributed by atoms with E-state index in [1.807, 2.05) is 17.7 Å². The third kappa shape index (κ3) is 4.99. The van der Waals surface area contributed by atoms with E-state index in [0.29, 0.717) is 0 Å². The number of imidazole rings is 2. The van der Waals surface area contributed by atoms with Gasteiger partial charge < -0.3 is 20.2 Å². The Morgan fingerprint density at radius 3 is 2.42 bits per heavy atom. The van der Waals surface area contributed by atoms with Crippen molar-refractivity contribution in [2.75, 3.05) is 31.1 Å². The lowest BCUT2D eigenvalue weighted by Gasteiger charge is -2.35. The SMILES string of the molecule is Cc1nc(CN2CCN(c3cccc4[nH]c(-c5ccc(C(C)(C)C)cc5)nc34)CC2)cn1CC(N)=O. The second-order valence-electron chi connectivity index (χ2n) is 10.7. The molecule has 1 fully saturated rings. The minimum Gasteiger partial charge on any atom is -0.368 e. The number of carbonyl (C=O) groups is 1. The number of amides is 1. The van der Waals surface area contributed by atoms with Crippen LogP contribution in [-0.2, 0) is 23.3 Å². The van der Waals surface area contributed by atoms with E-state index in [2.05, 4.69) is 83.0 Å². The maximum absolute atomic E-state index is 11.3. The van der Waals surface area contributed by atoms with Gasteiger partial charge in [0.15, 0.2) is 0 Å². The van der Waals surface area contributed by atoms with Gasteiger partial charge in [0.2, 0.25) is 5.91 Å². The molecule has 0 unspecified atom stereocenters. The Bertz CT molecular complexity index is 1370. The zero-order valence-corrected chi connectivity index (χ0v) is 21.6. The van der Waals surface area contributed by atoms with E-state index in [1.165, 1.54) is 11.3 Å². The van der Waals surface area contributed by atoms with Gasteiger partial charge in [0.25, 0.3) is 0 Å². The van der Waals surface area contributed by atoms with E-state index in [4.69, 9.17) is 10.7 Å². The molecule has 8 heteroatoms. The smallest absolute Gasteiger partial charge is 0.237 e. The summed E-state index contributed by atoms with van der Waals surface area (Å²) in [5.41, 5.74) is 12.1. The van der Waals surface area contributed by atoms with Crippen molar-refractivity contribution in [3.8, 4) is 11.4 Å². The summed E-state index contributed by atoms with van der Waals surface area (Å²) in [5.74, 6) is 1.36. The molecule has 1 aliphatic heterocycles. The Morgan fingerprint density at radius 1 is 1.03 bits per heavy atom. The van der Waals surface area contributed by atoms with Gasteiger partial charge in [0, 0.05) is 44.5 Å². The molecule has 0 atom stereocenters. The highest BCUT2D eigenvalue weighted by Crippen LogP contribution is 2.30. The molecule has 2 aromatic heterocycles. The summed E-state index contributed by atoms with van der Waals surface area (Å²) in [6, 6.07) is 15.1. The first-order valence-corrected chi connectivity index (χ1v) is 12.6. The number of carbonyl (C=O) groups excluding carboxylic acids is 1. The molecule has 1 amide bonds. The molecule has 188 valence electrons. The lowest BCUT2D eigenvalue weighted by Crippen LogP contribution is -2.46. The first kappa shape index (κ1) is 24.1. The quantitative estimate of drug-likeness (QED) is 0.433. The molecule has 5 rings (SSSR count). The first-order valence-electron chi connectivity index (χ1n) is 12.6. The number of para-hydroxylation sites is 1. The molecule has 1 saturated heterocycles. The van der Waals surface area contributed by atoms with Crippen molar-refractivity contribution in [1.82, 2.24) is 24.4 Å². The number of primary amides is 1. The van der Waals surface area contributed by atoms with E-state index < -0.39 is 0 Å². The van der Waals surface area contributed by atoms with Crippen molar-refractivity contribution in [1.29, 1.82) is 0 Å². The average Bonchev–Trinajstić information content (AvgIpc) is 3.42.